The molecular weight excluding hydrogens is 654 g/mol. The van der Waals surface area contributed by atoms with Gasteiger partial charge in [0.05, 0.1) is 0 Å². The molecule has 0 aliphatic heterocycles. The molecule has 0 spiro atoms. The van der Waals surface area contributed by atoms with Gasteiger partial charge in [0.2, 0.25) is 0 Å². The van der Waals surface area contributed by atoms with Crippen molar-refractivity contribution in [2.45, 2.75) is 39.2 Å². The molecule has 0 aliphatic carbocycles. The molecule has 5 rings (SSSR count). The summed E-state index contributed by atoms with van der Waals surface area (Å²) in [5, 5.41) is 1.02. The molecule has 0 radical (unpaired) electrons. The van der Waals surface area contributed by atoms with Crippen LogP contribution in [0.4, 0.5) is 0 Å². The fourth-order valence-electron chi connectivity index (χ4n) is 4.27. The van der Waals surface area contributed by atoms with Crippen LogP contribution >= 0.6 is 15.9 Å². The van der Waals surface area contributed by atoms with Crippen molar-refractivity contribution in [3.05, 3.63) is 150 Å². The monoisotopic (exact) mass is 689 g/mol. The summed E-state index contributed by atoms with van der Waals surface area (Å²) in [7, 11) is 0. The number of alkyl halides is 1. The van der Waals surface area contributed by atoms with Crippen LogP contribution in [0.25, 0.3) is 22.3 Å². The van der Waals surface area contributed by atoms with Crippen molar-refractivity contribution in [3.63, 3.8) is 0 Å². The molecule has 1 nitrogen and oxygen atoms in total. The van der Waals surface area contributed by atoms with Gasteiger partial charge in [-0.2, -0.15) is 0 Å². The van der Waals surface area contributed by atoms with Gasteiger partial charge in [0, 0.05) is 47.9 Å². The molecule has 43 heavy (non-hydrogen) atoms. The quantitative estimate of drug-likeness (QED) is 0.0778. The summed E-state index contributed by atoms with van der Waals surface area (Å²) < 4.78 is 2.21. The first-order valence-electron chi connectivity index (χ1n) is 14.5. The SMILES string of the molecule is BrCCCC#Cc1ccc(-c2ccccc2)cc1.Cc1cc[n+](CCCC#Cc2ccc(-c3ccccc3)cc2)cc1.[Br-]. The van der Waals surface area contributed by atoms with Crippen molar-refractivity contribution in [3.8, 4) is 45.9 Å². The van der Waals surface area contributed by atoms with E-state index in [1.54, 1.807) is 0 Å². The van der Waals surface area contributed by atoms with E-state index < -0.39 is 0 Å². The molecule has 0 atom stereocenters. The molecule has 0 N–H and O–H groups in total. The smallest absolute Gasteiger partial charge is 0.169 e. The molecular formula is C40H37Br2N. The lowest BCUT2D eigenvalue weighted by atomic mass is 10.0. The number of hydrogen-bond donors (Lipinski definition) is 0. The van der Waals surface area contributed by atoms with Crippen LogP contribution in [-0.2, 0) is 6.54 Å². The summed E-state index contributed by atoms with van der Waals surface area (Å²) in [6.07, 6.45) is 8.31. The van der Waals surface area contributed by atoms with Crippen LogP contribution in [0, 0.1) is 30.6 Å². The number of aryl methyl sites for hydroxylation is 2. The molecule has 0 amide bonds. The summed E-state index contributed by atoms with van der Waals surface area (Å²) in [4.78, 5) is 0. The fraction of sp³-hybridized carbons (Fsp3) is 0.175. The number of hydrogen-bond acceptors (Lipinski definition) is 0. The Morgan fingerprint density at radius 3 is 1.40 bits per heavy atom. The Bertz CT molecular complexity index is 1600. The minimum absolute atomic E-state index is 0. The maximum atomic E-state index is 3.40. The van der Waals surface area contributed by atoms with Gasteiger partial charge in [-0.3, -0.25) is 0 Å². The average Bonchev–Trinajstić information content (AvgIpc) is 3.06. The van der Waals surface area contributed by atoms with E-state index in [0.717, 1.165) is 48.7 Å². The normalized spacial score (nSPS) is 9.63. The minimum atomic E-state index is 0. The number of unbranched alkanes of at least 4 members (excludes halogenated alkanes) is 2. The Morgan fingerprint density at radius 1 is 0.535 bits per heavy atom. The van der Waals surface area contributed by atoms with E-state index in [0.29, 0.717) is 0 Å². The third-order valence-electron chi connectivity index (χ3n) is 6.66. The summed E-state index contributed by atoms with van der Waals surface area (Å²) in [5.41, 5.74) is 8.42. The van der Waals surface area contributed by atoms with Crippen molar-refractivity contribution in [1.82, 2.24) is 0 Å². The second-order valence-corrected chi connectivity index (χ2v) is 10.8. The number of benzene rings is 4. The van der Waals surface area contributed by atoms with E-state index in [9.17, 15) is 0 Å². The van der Waals surface area contributed by atoms with Crippen LogP contribution < -0.4 is 21.5 Å². The van der Waals surface area contributed by atoms with Crippen molar-refractivity contribution in [1.29, 1.82) is 0 Å². The van der Waals surface area contributed by atoms with Crippen LogP contribution in [0.2, 0.25) is 0 Å². The second-order valence-electron chi connectivity index (χ2n) is 10.00. The Labute approximate surface area is 276 Å². The number of nitrogens with zero attached hydrogens (tertiary/aromatic N) is 1. The predicted octanol–water partition coefficient (Wildman–Crippen LogP) is 6.67. The predicted molar refractivity (Wildman–Crippen MR) is 181 cm³/mol. The first-order valence-corrected chi connectivity index (χ1v) is 15.6. The molecule has 0 fully saturated rings. The van der Waals surface area contributed by atoms with E-state index in [-0.39, 0.29) is 17.0 Å². The number of halogens is 2. The lowest BCUT2D eigenvalue weighted by Crippen LogP contribution is -3.00. The van der Waals surface area contributed by atoms with Crippen molar-refractivity contribution in [2.75, 3.05) is 5.33 Å². The van der Waals surface area contributed by atoms with Crippen LogP contribution in [0.3, 0.4) is 0 Å². The lowest BCUT2D eigenvalue weighted by molar-refractivity contribution is -0.697. The largest absolute Gasteiger partial charge is 1.00 e. The highest BCUT2D eigenvalue weighted by atomic mass is 79.9. The average molecular weight is 692 g/mol. The number of rotatable bonds is 7. The minimum Gasteiger partial charge on any atom is -1.00 e. The standard InChI is InChI=1S/C23H22N.C17H15Br.BrH/c1-20-15-18-24(19-16-20)17-7-3-4-8-21-11-13-23(14-12-21)22-9-5-2-6-10-22;18-14-6-2-3-7-15-10-12-17(13-11-15)16-8-4-1-5-9-16;/h2,5-6,9-16,18-19H,3,7,17H2,1H3;1,4-5,8-13H,2,6,14H2;1H/q+1;;/p-1. The molecule has 0 aliphatic rings. The summed E-state index contributed by atoms with van der Waals surface area (Å²) in [6.45, 7) is 3.13. The molecule has 4 aromatic carbocycles. The lowest BCUT2D eigenvalue weighted by Gasteiger charge is -2.00. The Hall–Kier alpha value is -3.89. The Kier molecular flexibility index (Phi) is 15.1. The van der Waals surface area contributed by atoms with Crippen LogP contribution in [-0.4, -0.2) is 5.33 Å². The topological polar surface area (TPSA) is 3.88 Å². The molecule has 216 valence electrons. The van der Waals surface area contributed by atoms with Crippen LogP contribution in [0.5, 0.6) is 0 Å². The summed E-state index contributed by atoms with van der Waals surface area (Å²) in [6, 6.07) is 42.0. The van der Waals surface area contributed by atoms with Crippen molar-refractivity contribution >= 4 is 15.9 Å². The third-order valence-corrected chi connectivity index (χ3v) is 7.22. The zero-order valence-electron chi connectivity index (χ0n) is 24.6. The maximum Gasteiger partial charge on any atom is 0.169 e. The maximum absolute atomic E-state index is 3.40. The van der Waals surface area contributed by atoms with Crippen molar-refractivity contribution in [2.24, 2.45) is 0 Å². The highest BCUT2D eigenvalue weighted by Crippen LogP contribution is 2.20. The molecule has 1 aromatic heterocycles. The van der Waals surface area contributed by atoms with Gasteiger partial charge in [0.15, 0.2) is 12.4 Å². The van der Waals surface area contributed by atoms with Gasteiger partial charge in [0.25, 0.3) is 0 Å². The zero-order valence-corrected chi connectivity index (χ0v) is 27.8. The van der Waals surface area contributed by atoms with Gasteiger partial charge in [-0.1, -0.05) is 125 Å². The van der Waals surface area contributed by atoms with E-state index in [1.807, 2.05) is 12.1 Å². The third kappa shape index (κ3) is 12.1. The fourth-order valence-corrected chi connectivity index (χ4v) is 4.55. The molecule has 0 unspecified atom stereocenters. The highest BCUT2D eigenvalue weighted by Gasteiger charge is 1.99. The number of pyridine rings is 1. The van der Waals surface area contributed by atoms with Crippen LogP contribution in [0.1, 0.15) is 42.4 Å². The van der Waals surface area contributed by atoms with E-state index >= 15 is 0 Å². The van der Waals surface area contributed by atoms with Crippen molar-refractivity contribution < 1.29 is 21.5 Å². The molecule has 5 aromatic rings. The molecule has 0 saturated carbocycles. The Balaban J connectivity index is 0.000000239. The summed E-state index contributed by atoms with van der Waals surface area (Å²) >= 11 is 3.40. The molecule has 1 heterocycles. The van der Waals surface area contributed by atoms with Crippen LogP contribution in [0.15, 0.2) is 134 Å². The highest BCUT2D eigenvalue weighted by molar-refractivity contribution is 9.09. The molecule has 0 bridgehead atoms. The number of aromatic nitrogens is 1. The Morgan fingerprint density at radius 2 is 0.953 bits per heavy atom. The summed E-state index contributed by atoms with van der Waals surface area (Å²) in [5.74, 6) is 12.9. The van der Waals surface area contributed by atoms with Gasteiger partial charge in [-0.15, -0.1) is 0 Å². The first-order chi connectivity index (χ1) is 20.7. The zero-order chi connectivity index (χ0) is 29.2. The molecule has 3 heteroatoms. The van der Waals surface area contributed by atoms with Gasteiger partial charge in [-0.05, 0) is 65.4 Å². The van der Waals surface area contributed by atoms with E-state index in [4.69, 9.17) is 0 Å². The van der Waals surface area contributed by atoms with E-state index in [2.05, 4.69) is 173 Å². The first kappa shape index (κ1) is 33.6. The van der Waals surface area contributed by atoms with Gasteiger partial charge < -0.3 is 17.0 Å². The van der Waals surface area contributed by atoms with E-state index in [1.165, 1.54) is 27.8 Å². The molecule has 0 saturated heterocycles. The second kappa shape index (κ2) is 19.3. The van der Waals surface area contributed by atoms with Gasteiger partial charge in [0.1, 0.15) is 6.54 Å². The van der Waals surface area contributed by atoms with Gasteiger partial charge in [-0.25, -0.2) is 4.57 Å². The van der Waals surface area contributed by atoms with Gasteiger partial charge >= 0.3 is 0 Å².